The van der Waals surface area contributed by atoms with Crippen molar-refractivity contribution in [2.75, 3.05) is 16.8 Å². The smallest absolute Gasteiger partial charge is 0.416 e. The fraction of sp³-hybridized carbons (Fsp3) is 0.0800. The number of halogens is 4. The maximum atomic E-state index is 13.2. The van der Waals surface area contributed by atoms with E-state index >= 15 is 0 Å². The normalized spacial score (nSPS) is 15.0. The lowest BCUT2D eigenvalue weighted by Gasteiger charge is -2.16. The number of hydrogen-bond acceptors (Lipinski definition) is 7. The van der Waals surface area contributed by atoms with E-state index in [1.807, 2.05) is 0 Å². The molecule has 4 rings (SSSR count). The molecular weight excluding hydrogens is 637 g/mol. The van der Waals surface area contributed by atoms with Crippen LogP contribution in [0.4, 0.5) is 24.5 Å². The number of amides is 2. The lowest BCUT2D eigenvalue weighted by Crippen LogP contribution is -2.28. The molecule has 0 atom stereocenters. The zero-order valence-electron chi connectivity index (χ0n) is 20.0. The molecule has 40 heavy (non-hydrogen) atoms. The molecule has 0 aromatic heterocycles. The summed E-state index contributed by atoms with van der Waals surface area (Å²) in [5, 5.41) is 15.5. The Balaban J connectivity index is 1.50. The first-order valence-corrected chi connectivity index (χ1v) is 14.2. The second kappa shape index (κ2) is 11.4. The molecule has 3 aromatic rings. The minimum Gasteiger partial charge on any atom is -0.483 e. The summed E-state index contributed by atoms with van der Waals surface area (Å²) in [5.74, 6) is -1.04. The predicted molar refractivity (Wildman–Crippen MR) is 148 cm³/mol. The van der Waals surface area contributed by atoms with Crippen LogP contribution in [0.15, 0.2) is 81.0 Å². The quantitative estimate of drug-likeness (QED) is 0.299. The van der Waals surface area contributed by atoms with Gasteiger partial charge in [-0.05, 0) is 78.5 Å². The Morgan fingerprint density at radius 2 is 1.82 bits per heavy atom. The van der Waals surface area contributed by atoms with Gasteiger partial charge in [0.05, 0.1) is 21.1 Å². The zero-order chi connectivity index (χ0) is 29.2. The molecule has 1 saturated heterocycles. The van der Waals surface area contributed by atoms with E-state index in [1.165, 1.54) is 36.4 Å². The van der Waals surface area contributed by atoms with Gasteiger partial charge in [0, 0.05) is 15.7 Å². The highest BCUT2D eigenvalue weighted by Crippen LogP contribution is 2.39. The second-order valence-electron chi connectivity index (χ2n) is 8.19. The fourth-order valence-electron chi connectivity index (χ4n) is 3.52. The highest BCUT2D eigenvalue weighted by atomic mass is 79.9. The summed E-state index contributed by atoms with van der Waals surface area (Å²) in [7, 11) is -3.88. The first kappa shape index (κ1) is 29.3. The Morgan fingerprint density at radius 1 is 1.12 bits per heavy atom. The largest absolute Gasteiger partial charge is 0.483 e. The number of nitrogens with two attached hydrogens (primary N) is 1. The van der Waals surface area contributed by atoms with Crippen LogP contribution in [0.25, 0.3) is 6.08 Å². The highest BCUT2D eigenvalue weighted by molar-refractivity contribution is 9.10. The van der Waals surface area contributed by atoms with Gasteiger partial charge in [-0.15, -0.1) is 0 Å². The average Bonchev–Trinajstić information content (AvgIpc) is 3.15. The van der Waals surface area contributed by atoms with Gasteiger partial charge in [0.15, 0.2) is 11.8 Å². The van der Waals surface area contributed by atoms with Gasteiger partial charge >= 0.3 is 6.18 Å². The van der Waals surface area contributed by atoms with Crippen LogP contribution in [0.2, 0.25) is 0 Å². The average molecular weight is 655 g/mol. The van der Waals surface area contributed by atoms with E-state index in [1.54, 1.807) is 18.2 Å². The summed E-state index contributed by atoms with van der Waals surface area (Å²) < 4.78 is 68.5. The Morgan fingerprint density at radius 3 is 2.48 bits per heavy atom. The van der Waals surface area contributed by atoms with E-state index < -0.39 is 40.2 Å². The van der Waals surface area contributed by atoms with Crippen LogP contribution in [-0.4, -0.2) is 32.0 Å². The van der Waals surface area contributed by atoms with Crippen molar-refractivity contribution in [3.63, 3.8) is 0 Å². The molecule has 4 N–H and O–H groups in total. The van der Waals surface area contributed by atoms with Crippen molar-refractivity contribution < 1.29 is 35.9 Å². The number of hydrogen-bond donors (Lipinski definition) is 3. The van der Waals surface area contributed by atoms with Crippen molar-refractivity contribution >= 4 is 72.1 Å². The molecule has 1 heterocycles. The van der Waals surface area contributed by atoms with Crippen LogP contribution in [0, 0.1) is 5.41 Å². The van der Waals surface area contributed by atoms with Gasteiger partial charge in [0.1, 0.15) is 5.75 Å². The number of carbonyl (C=O) groups is 2. The number of anilines is 2. The molecule has 1 fully saturated rings. The van der Waals surface area contributed by atoms with Crippen molar-refractivity contribution in [2.45, 2.75) is 11.1 Å². The monoisotopic (exact) mass is 654 g/mol. The molecule has 208 valence electrons. The first-order valence-electron chi connectivity index (χ1n) is 11.1. The minimum atomic E-state index is -4.61. The number of amidine groups is 1. The summed E-state index contributed by atoms with van der Waals surface area (Å²) >= 11 is 4.09. The van der Waals surface area contributed by atoms with Gasteiger partial charge in [-0.2, -0.15) is 13.2 Å². The van der Waals surface area contributed by atoms with Crippen LogP contribution < -0.4 is 20.1 Å². The number of carbonyl (C=O) groups excluding carboxylic acids is 2. The number of alkyl halides is 3. The van der Waals surface area contributed by atoms with E-state index in [0.717, 1.165) is 34.9 Å². The van der Waals surface area contributed by atoms with Gasteiger partial charge < -0.3 is 10.1 Å². The number of ether oxygens (including phenoxy) is 1. The van der Waals surface area contributed by atoms with Crippen LogP contribution >= 0.6 is 27.7 Å². The van der Waals surface area contributed by atoms with Gasteiger partial charge in [-0.3, -0.25) is 19.9 Å². The lowest BCUT2D eigenvalue weighted by atomic mass is 10.1. The van der Waals surface area contributed by atoms with Crippen molar-refractivity contribution in [1.29, 1.82) is 5.41 Å². The molecular formula is C25H18BrF3N4O5S2. The van der Waals surface area contributed by atoms with Crippen molar-refractivity contribution in [3.8, 4) is 5.75 Å². The highest BCUT2D eigenvalue weighted by Gasteiger charge is 2.36. The second-order valence-corrected chi connectivity index (χ2v) is 11.7. The van der Waals surface area contributed by atoms with Crippen molar-refractivity contribution in [2.24, 2.45) is 5.14 Å². The molecule has 0 aliphatic carbocycles. The first-order chi connectivity index (χ1) is 18.7. The molecule has 0 bridgehead atoms. The topological polar surface area (TPSA) is 143 Å². The molecule has 9 nitrogen and oxygen atoms in total. The number of benzene rings is 3. The lowest BCUT2D eigenvalue weighted by molar-refractivity contribution is -0.137. The van der Waals surface area contributed by atoms with Crippen molar-refractivity contribution in [3.05, 3.63) is 87.2 Å². The van der Waals surface area contributed by atoms with E-state index in [0.29, 0.717) is 15.7 Å². The van der Waals surface area contributed by atoms with E-state index in [9.17, 15) is 31.2 Å². The van der Waals surface area contributed by atoms with Crippen LogP contribution in [-0.2, 0) is 25.8 Å². The Bertz CT molecular complexity index is 1640. The Kier molecular flexibility index (Phi) is 8.39. The summed E-state index contributed by atoms with van der Waals surface area (Å²) in [4.78, 5) is 26.3. The van der Waals surface area contributed by atoms with Gasteiger partial charge in [0.25, 0.3) is 11.8 Å². The Hall–Kier alpha value is -3.66. The molecule has 15 heteroatoms. The third-order valence-corrected chi connectivity index (χ3v) is 7.65. The fourth-order valence-corrected chi connectivity index (χ4v) is 5.26. The number of primary sulfonamides is 1. The molecule has 0 saturated carbocycles. The summed E-state index contributed by atoms with van der Waals surface area (Å²) in [6, 6.07) is 14.1. The number of sulfonamides is 1. The summed E-state index contributed by atoms with van der Waals surface area (Å²) in [6.45, 7) is -0.442. The van der Waals surface area contributed by atoms with Crippen LogP contribution in [0.3, 0.4) is 0 Å². The van der Waals surface area contributed by atoms with Crippen LogP contribution in [0.5, 0.6) is 5.75 Å². The number of rotatable bonds is 7. The number of thioether (sulfide) groups is 1. The number of nitrogens with one attached hydrogen (secondary N) is 2. The molecule has 1 aliphatic rings. The maximum absolute atomic E-state index is 13.2. The van der Waals surface area contributed by atoms with E-state index in [4.69, 9.17) is 15.3 Å². The Labute approximate surface area is 238 Å². The molecule has 2 amide bonds. The van der Waals surface area contributed by atoms with E-state index in [-0.39, 0.29) is 26.4 Å². The minimum absolute atomic E-state index is 0.0600. The summed E-state index contributed by atoms with van der Waals surface area (Å²) in [5.41, 5.74) is -0.371. The standard InChI is InChI=1S/C25H18BrF3N4O5S2/c26-16-4-9-20(38-13-22(34)32-17-5-7-19(8-6-17)40(31,36)37)14(10-16)11-21-23(35)33(24(30)39-21)18-3-1-2-15(12-18)25(27,28)29/h1-12,30H,13H2,(H,32,34)(H2,31,36,37)/b21-11-,30-24?. The van der Waals surface area contributed by atoms with Crippen molar-refractivity contribution in [1.82, 2.24) is 0 Å². The van der Waals surface area contributed by atoms with Gasteiger partial charge in [-0.1, -0.05) is 22.0 Å². The predicted octanol–water partition coefficient (Wildman–Crippen LogP) is 5.19. The van der Waals surface area contributed by atoms with Crippen LogP contribution in [0.1, 0.15) is 11.1 Å². The molecule has 1 aliphatic heterocycles. The molecule has 0 unspecified atom stereocenters. The summed E-state index contributed by atoms with van der Waals surface area (Å²) in [6.07, 6.45) is -3.20. The molecule has 0 spiro atoms. The van der Waals surface area contributed by atoms with Gasteiger partial charge in [-0.25, -0.2) is 13.6 Å². The maximum Gasteiger partial charge on any atom is 0.416 e. The third-order valence-electron chi connectivity index (χ3n) is 5.34. The number of nitrogens with zero attached hydrogens (tertiary/aromatic N) is 1. The van der Waals surface area contributed by atoms with Gasteiger partial charge in [0.2, 0.25) is 10.0 Å². The zero-order valence-corrected chi connectivity index (χ0v) is 23.2. The third kappa shape index (κ3) is 6.91. The molecule has 3 aromatic carbocycles. The SMILES string of the molecule is N=C1S/C(=C\c2cc(Br)ccc2OCC(=O)Nc2ccc(S(N)(=O)=O)cc2)C(=O)N1c1cccc(C(F)(F)F)c1. The van der Waals surface area contributed by atoms with E-state index in [2.05, 4.69) is 21.2 Å². The molecule has 0 radical (unpaired) electrons.